The first kappa shape index (κ1) is 21.4. The van der Waals surface area contributed by atoms with Gasteiger partial charge in [0, 0.05) is 17.0 Å². The van der Waals surface area contributed by atoms with Crippen LogP contribution in [0.4, 0.5) is 10.5 Å². The number of aromatic nitrogens is 2. The van der Waals surface area contributed by atoms with E-state index < -0.39 is 0 Å². The average molecular weight is 452 g/mol. The Kier molecular flexibility index (Phi) is 6.41. The highest BCUT2D eigenvalue weighted by molar-refractivity contribution is 8.14. The summed E-state index contributed by atoms with van der Waals surface area (Å²) >= 11 is 1.19. The number of carbonyl (C=O) groups excluding carboxylic acids is 2. The number of hydrazone groups is 1. The first-order valence-electron chi connectivity index (χ1n) is 9.70. The van der Waals surface area contributed by atoms with E-state index in [1.165, 1.54) is 29.3 Å². The van der Waals surface area contributed by atoms with Crippen molar-refractivity contribution in [1.29, 1.82) is 0 Å². The van der Waals surface area contributed by atoms with E-state index in [0.717, 1.165) is 16.8 Å². The predicted octanol–water partition coefficient (Wildman–Crippen LogP) is 3.75. The first-order valence-corrected chi connectivity index (χ1v) is 10.7. The Labute approximate surface area is 188 Å². The van der Waals surface area contributed by atoms with Crippen molar-refractivity contribution in [2.45, 2.75) is 6.54 Å². The molecule has 0 atom stereocenters. The Morgan fingerprint density at radius 3 is 2.78 bits per heavy atom. The SMILES string of the molecule is COc1ccc(C2=NN(Cc3cccc(NC(=O)c4cnc[nH]4)c3)C(=O)SC2)cc1OC. The predicted molar refractivity (Wildman–Crippen MR) is 122 cm³/mol. The van der Waals surface area contributed by atoms with Crippen LogP contribution in [0.1, 0.15) is 21.6 Å². The molecule has 1 aliphatic heterocycles. The minimum Gasteiger partial charge on any atom is -0.493 e. The fraction of sp³-hybridized carbons (Fsp3) is 0.182. The van der Waals surface area contributed by atoms with Gasteiger partial charge < -0.3 is 19.8 Å². The summed E-state index contributed by atoms with van der Waals surface area (Å²) in [5.41, 5.74) is 3.43. The molecular weight excluding hydrogens is 430 g/mol. The van der Waals surface area contributed by atoms with E-state index in [1.807, 2.05) is 36.4 Å². The van der Waals surface area contributed by atoms with E-state index in [2.05, 4.69) is 20.4 Å². The van der Waals surface area contributed by atoms with Crippen molar-refractivity contribution in [3.63, 3.8) is 0 Å². The maximum Gasteiger partial charge on any atom is 0.302 e. The van der Waals surface area contributed by atoms with Crippen LogP contribution in [0.3, 0.4) is 0 Å². The lowest BCUT2D eigenvalue weighted by Crippen LogP contribution is -2.29. The maximum atomic E-state index is 12.5. The summed E-state index contributed by atoms with van der Waals surface area (Å²) in [4.78, 5) is 31.3. The molecular formula is C22H21N5O4S. The minimum atomic E-state index is -0.294. The molecule has 2 aromatic carbocycles. The van der Waals surface area contributed by atoms with E-state index in [0.29, 0.717) is 28.6 Å². The molecule has 2 heterocycles. The number of methoxy groups -OCH3 is 2. The highest BCUT2D eigenvalue weighted by Crippen LogP contribution is 2.30. The van der Waals surface area contributed by atoms with Crippen molar-refractivity contribution in [2.24, 2.45) is 5.10 Å². The van der Waals surface area contributed by atoms with Gasteiger partial charge >= 0.3 is 5.24 Å². The zero-order valence-corrected chi connectivity index (χ0v) is 18.3. The Hall–Kier alpha value is -3.79. The van der Waals surface area contributed by atoms with Crippen LogP contribution >= 0.6 is 11.8 Å². The number of hydrogen-bond acceptors (Lipinski definition) is 7. The molecule has 4 rings (SSSR count). The fourth-order valence-electron chi connectivity index (χ4n) is 3.18. The van der Waals surface area contributed by atoms with Gasteiger partial charge in [-0.3, -0.25) is 9.59 Å². The third kappa shape index (κ3) is 4.75. The highest BCUT2D eigenvalue weighted by Gasteiger charge is 2.23. The van der Waals surface area contributed by atoms with Crippen LogP contribution in [0.2, 0.25) is 0 Å². The van der Waals surface area contributed by atoms with E-state index in [1.54, 1.807) is 20.3 Å². The third-order valence-electron chi connectivity index (χ3n) is 4.76. The van der Waals surface area contributed by atoms with Gasteiger partial charge in [-0.2, -0.15) is 5.10 Å². The zero-order chi connectivity index (χ0) is 22.5. The number of carbonyl (C=O) groups is 2. The van der Waals surface area contributed by atoms with Crippen molar-refractivity contribution in [2.75, 3.05) is 25.3 Å². The number of amides is 2. The molecule has 0 saturated heterocycles. The van der Waals surface area contributed by atoms with Crippen LogP contribution in [0, 0.1) is 0 Å². The molecule has 3 aromatic rings. The first-order chi connectivity index (χ1) is 15.6. The van der Waals surface area contributed by atoms with E-state index in [9.17, 15) is 9.59 Å². The van der Waals surface area contributed by atoms with Gasteiger partial charge in [0.05, 0.1) is 39.0 Å². The van der Waals surface area contributed by atoms with Crippen molar-refractivity contribution >= 4 is 34.3 Å². The Morgan fingerprint density at radius 2 is 2.03 bits per heavy atom. The molecule has 0 fully saturated rings. The second-order valence-electron chi connectivity index (χ2n) is 6.85. The number of imidazole rings is 1. The highest BCUT2D eigenvalue weighted by atomic mass is 32.2. The van der Waals surface area contributed by atoms with Crippen LogP contribution in [0.15, 0.2) is 60.1 Å². The molecule has 0 bridgehead atoms. The molecule has 0 radical (unpaired) electrons. The molecule has 2 N–H and O–H groups in total. The summed E-state index contributed by atoms with van der Waals surface area (Å²) in [5, 5.41) is 8.67. The average Bonchev–Trinajstić information content (AvgIpc) is 3.35. The minimum absolute atomic E-state index is 0.138. The lowest BCUT2D eigenvalue weighted by atomic mass is 10.1. The zero-order valence-electron chi connectivity index (χ0n) is 17.5. The van der Waals surface area contributed by atoms with Gasteiger partial charge in [-0.05, 0) is 35.9 Å². The maximum absolute atomic E-state index is 12.5. The molecule has 164 valence electrons. The van der Waals surface area contributed by atoms with Gasteiger partial charge in [0.25, 0.3) is 5.91 Å². The molecule has 9 nitrogen and oxygen atoms in total. The van der Waals surface area contributed by atoms with E-state index in [4.69, 9.17) is 9.47 Å². The third-order valence-corrected chi connectivity index (χ3v) is 5.64. The van der Waals surface area contributed by atoms with Crippen molar-refractivity contribution < 1.29 is 19.1 Å². The summed E-state index contributed by atoms with van der Waals surface area (Å²) in [7, 11) is 3.16. The number of hydrogen-bond donors (Lipinski definition) is 2. The number of ether oxygens (including phenoxy) is 2. The summed E-state index contributed by atoms with van der Waals surface area (Å²) < 4.78 is 10.7. The smallest absolute Gasteiger partial charge is 0.302 e. The molecule has 1 aromatic heterocycles. The molecule has 2 amide bonds. The van der Waals surface area contributed by atoms with Crippen molar-refractivity contribution in [3.05, 3.63) is 71.8 Å². The van der Waals surface area contributed by atoms with E-state index in [-0.39, 0.29) is 17.7 Å². The Balaban J connectivity index is 1.52. The molecule has 0 aliphatic carbocycles. The van der Waals surface area contributed by atoms with Gasteiger partial charge in [-0.25, -0.2) is 9.99 Å². The van der Waals surface area contributed by atoms with Crippen LogP contribution in [-0.4, -0.2) is 51.8 Å². The quantitative estimate of drug-likeness (QED) is 0.566. The molecule has 32 heavy (non-hydrogen) atoms. The van der Waals surface area contributed by atoms with Crippen LogP contribution in [-0.2, 0) is 6.54 Å². The fourth-order valence-corrected chi connectivity index (χ4v) is 3.91. The monoisotopic (exact) mass is 451 g/mol. The summed E-state index contributed by atoms with van der Waals surface area (Å²) in [6.45, 7) is 0.274. The largest absolute Gasteiger partial charge is 0.493 e. The second-order valence-corrected chi connectivity index (χ2v) is 7.78. The van der Waals surface area contributed by atoms with Gasteiger partial charge in [-0.1, -0.05) is 23.9 Å². The number of benzene rings is 2. The Morgan fingerprint density at radius 1 is 1.19 bits per heavy atom. The molecule has 0 spiro atoms. The summed E-state index contributed by atoms with van der Waals surface area (Å²) in [6, 6.07) is 12.8. The van der Waals surface area contributed by atoms with Gasteiger partial charge in [0.2, 0.25) is 0 Å². The number of nitrogens with zero attached hydrogens (tertiary/aromatic N) is 3. The number of aromatic amines is 1. The van der Waals surface area contributed by atoms with Gasteiger partial charge in [0.15, 0.2) is 11.5 Å². The standard InChI is InChI=1S/C22H21N5O4S/c1-30-19-7-6-15(9-20(19)31-2)18-12-32-22(29)27(26-18)11-14-4-3-5-16(8-14)25-21(28)17-10-23-13-24-17/h3-10,13H,11-12H2,1-2H3,(H,23,24)(H,25,28). The van der Waals surface area contributed by atoms with Crippen LogP contribution in [0.25, 0.3) is 0 Å². The van der Waals surface area contributed by atoms with Gasteiger partial charge in [-0.15, -0.1) is 0 Å². The topological polar surface area (TPSA) is 109 Å². The van der Waals surface area contributed by atoms with Crippen LogP contribution < -0.4 is 14.8 Å². The Bertz CT molecular complexity index is 1160. The lowest BCUT2D eigenvalue weighted by molar-refractivity contribution is 0.102. The number of nitrogens with one attached hydrogen (secondary N) is 2. The van der Waals surface area contributed by atoms with Crippen molar-refractivity contribution in [1.82, 2.24) is 15.0 Å². The number of rotatable bonds is 7. The summed E-state index contributed by atoms with van der Waals surface area (Å²) in [5.74, 6) is 1.40. The number of H-pyrrole nitrogens is 1. The lowest BCUT2D eigenvalue weighted by Gasteiger charge is -2.23. The molecule has 0 saturated carbocycles. The van der Waals surface area contributed by atoms with Crippen LogP contribution in [0.5, 0.6) is 11.5 Å². The second kappa shape index (κ2) is 9.56. The number of thioether (sulfide) groups is 1. The molecule has 10 heteroatoms. The molecule has 1 aliphatic rings. The van der Waals surface area contributed by atoms with E-state index >= 15 is 0 Å². The number of anilines is 1. The summed E-state index contributed by atoms with van der Waals surface area (Å²) in [6.07, 6.45) is 2.90. The van der Waals surface area contributed by atoms with Gasteiger partial charge in [0.1, 0.15) is 5.69 Å². The van der Waals surface area contributed by atoms with Crippen molar-refractivity contribution in [3.8, 4) is 11.5 Å². The normalized spacial score (nSPS) is 13.5. The molecule has 0 unspecified atom stereocenters.